The summed E-state index contributed by atoms with van der Waals surface area (Å²) in [6.45, 7) is 0.666. The molecule has 0 unspecified atom stereocenters. The summed E-state index contributed by atoms with van der Waals surface area (Å²) in [5, 5.41) is 6.96. The Balaban J connectivity index is 1.62. The minimum absolute atomic E-state index is 0.109. The van der Waals surface area contributed by atoms with Crippen LogP contribution in [0.2, 0.25) is 0 Å². The Morgan fingerprint density at radius 1 is 1.30 bits per heavy atom. The highest BCUT2D eigenvalue weighted by atomic mass is 32.1. The van der Waals surface area contributed by atoms with Crippen LogP contribution < -0.4 is 10.6 Å². The summed E-state index contributed by atoms with van der Waals surface area (Å²) in [6, 6.07) is 7.62. The predicted octanol–water partition coefficient (Wildman–Crippen LogP) is 2.55. The van der Waals surface area contributed by atoms with Gasteiger partial charge in [0.05, 0.1) is 11.3 Å². The van der Waals surface area contributed by atoms with Crippen molar-refractivity contribution in [2.24, 2.45) is 0 Å². The van der Waals surface area contributed by atoms with E-state index in [2.05, 4.69) is 20.6 Å². The minimum Gasteiger partial charge on any atom is -0.360 e. The zero-order valence-electron chi connectivity index (χ0n) is 12.2. The minimum atomic E-state index is -0.230. The molecule has 0 atom stereocenters. The zero-order chi connectivity index (χ0) is 15.8. The van der Waals surface area contributed by atoms with Crippen molar-refractivity contribution in [2.45, 2.75) is 12.8 Å². The van der Waals surface area contributed by atoms with Gasteiger partial charge in [0.2, 0.25) is 0 Å². The number of nitrogens with zero attached hydrogens (tertiary/aromatic N) is 1. The van der Waals surface area contributed by atoms with Gasteiger partial charge in [-0.25, -0.2) is 4.98 Å². The number of carbonyl (C=O) groups excluding carboxylic acids is 2. The summed E-state index contributed by atoms with van der Waals surface area (Å²) in [4.78, 5) is 32.5. The van der Waals surface area contributed by atoms with Crippen molar-refractivity contribution >= 4 is 39.2 Å². The molecule has 2 aromatic heterocycles. The van der Waals surface area contributed by atoms with Crippen LogP contribution in [0.1, 0.15) is 32.1 Å². The number of aromatic amines is 1. The van der Waals surface area contributed by atoms with E-state index in [1.807, 2.05) is 24.3 Å². The second-order valence-electron chi connectivity index (χ2n) is 5.36. The monoisotopic (exact) mass is 326 g/mol. The largest absolute Gasteiger partial charge is 0.360 e. The average Bonchev–Trinajstić information content (AvgIpc) is 3.11. The average molecular weight is 326 g/mol. The number of aromatic nitrogens is 2. The summed E-state index contributed by atoms with van der Waals surface area (Å²) in [6.07, 6.45) is 3.29. The lowest BCUT2D eigenvalue weighted by atomic mass is 10.2. The molecular weight excluding hydrogens is 312 g/mol. The Morgan fingerprint density at radius 2 is 2.17 bits per heavy atom. The van der Waals surface area contributed by atoms with Crippen LogP contribution in [0.5, 0.6) is 0 Å². The molecule has 0 saturated heterocycles. The van der Waals surface area contributed by atoms with E-state index in [1.54, 1.807) is 6.20 Å². The summed E-state index contributed by atoms with van der Waals surface area (Å²) >= 11 is 1.22. The van der Waals surface area contributed by atoms with Crippen molar-refractivity contribution in [3.63, 3.8) is 0 Å². The van der Waals surface area contributed by atoms with Gasteiger partial charge in [0.15, 0.2) is 5.13 Å². The number of benzene rings is 1. The molecule has 1 aliphatic rings. The first-order valence-electron chi connectivity index (χ1n) is 7.38. The molecule has 0 spiro atoms. The van der Waals surface area contributed by atoms with E-state index in [0.29, 0.717) is 22.1 Å². The van der Waals surface area contributed by atoms with Crippen LogP contribution in [0.15, 0.2) is 30.5 Å². The van der Waals surface area contributed by atoms with Crippen molar-refractivity contribution in [3.8, 4) is 0 Å². The van der Waals surface area contributed by atoms with Crippen LogP contribution >= 0.6 is 11.3 Å². The molecule has 3 N–H and O–H groups in total. The molecule has 0 saturated carbocycles. The highest BCUT2D eigenvalue weighted by Crippen LogP contribution is 2.27. The number of para-hydroxylation sites is 1. The van der Waals surface area contributed by atoms with Crippen molar-refractivity contribution in [1.82, 2.24) is 15.3 Å². The van der Waals surface area contributed by atoms with Gasteiger partial charge in [0.25, 0.3) is 11.8 Å². The third-order valence-electron chi connectivity index (χ3n) is 3.83. The second kappa shape index (κ2) is 5.51. The molecule has 1 aliphatic heterocycles. The van der Waals surface area contributed by atoms with Crippen LogP contribution in [0.4, 0.5) is 5.13 Å². The standard InChI is InChI=1S/C16H14N4O2S/c21-14(10-8-18-11-5-2-1-4-9(10)11)20-16-19-12-6-3-7-17-15(22)13(12)23-16/h1-2,4-5,8,18H,3,6-7H2,(H,17,22)(H,19,20,21). The van der Waals surface area contributed by atoms with E-state index >= 15 is 0 Å². The number of nitrogens with one attached hydrogen (secondary N) is 3. The van der Waals surface area contributed by atoms with E-state index in [0.717, 1.165) is 29.4 Å². The number of carbonyl (C=O) groups is 2. The highest BCUT2D eigenvalue weighted by molar-refractivity contribution is 7.17. The van der Waals surface area contributed by atoms with E-state index in [9.17, 15) is 9.59 Å². The van der Waals surface area contributed by atoms with Gasteiger partial charge in [-0.1, -0.05) is 29.5 Å². The fraction of sp³-hybridized carbons (Fsp3) is 0.188. The Hall–Kier alpha value is -2.67. The topological polar surface area (TPSA) is 86.9 Å². The molecule has 0 radical (unpaired) electrons. The Kier molecular flexibility index (Phi) is 3.34. The lowest BCUT2D eigenvalue weighted by Crippen LogP contribution is -2.21. The molecule has 23 heavy (non-hydrogen) atoms. The van der Waals surface area contributed by atoms with Crippen molar-refractivity contribution in [1.29, 1.82) is 0 Å². The summed E-state index contributed by atoms with van der Waals surface area (Å²) < 4.78 is 0. The first kappa shape index (κ1) is 14.0. The molecule has 4 rings (SSSR count). The first-order chi connectivity index (χ1) is 11.2. The van der Waals surface area contributed by atoms with Gasteiger partial charge < -0.3 is 10.3 Å². The van der Waals surface area contributed by atoms with E-state index < -0.39 is 0 Å². The van der Waals surface area contributed by atoms with Crippen LogP contribution in [0, 0.1) is 0 Å². The fourth-order valence-electron chi connectivity index (χ4n) is 2.71. The zero-order valence-corrected chi connectivity index (χ0v) is 13.0. The first-order valence-corrected chi connectivity index (χ1v) is 8.19. The number of thiazole rings is 1. The van der Waals surface area contributed by atoms with Gasteiger partial charge in [-0.15, -0.1) is 0 Å². The molecular formula is C16H14N4O2S. The summed E-state index contributed by atoms with van der Waals surface area (Å²) in [7, 11) is 0. The number of rotatable bonds is 2. The van der Waals surface area contributed by atoms with Gasteiger partial charge in [-0.2, -0.15) is 0 Å². The summed E-state index contributed by atoms with van der Waals surface area (Å²) in [5.41, 5.74) is 2.24. The number of H-pyrrole nitrogens is 1. The highest BCUT2D eigenvalue weighted by Gasteiger charge is 2.22. The number of fused-ring (bicyclic) bond motifs is 2. The van der Waals surface area contributed by atoms with Crippen molar-refractivity contribution < 1.29 is 9.59 Å². The van der Waals surface area contributed by atoms with Gasteiger partial charge >= 0.3 is 0 Å². The van der Waals surface area contributed by atoms with Gasteiger partial charge in [-0.05, 0) is 18.9 Å². The molecule has 116 valence electrons. The fourth-order valence-corrected chi connectivity index (χ4v) is 3.64. The smallest absolute Gasteiger partial charge is 0.263 e. The second-order valence-corrected chi connectivity index (χ2v) is 6.36. The van der Waals surface area contributed by atoms with E-state index in [-0.39, 0.29) is 11.8 Å². The van der Waals surface area contributed by atoms with Crippen LogP contribution in [-0.4, -0.2) is 28.3 Å². The SMILES string of the molecule is O=C1NCCCc2nc(NC(=O)c3c[nH]c4ccccc34)sc21. The quantitative estimate of drug-likeness (QED) is 0.676. The normalized spacial score (nSPS) is 14.2. The van der Waals surface area contributed by atoms with Crippen molar-refractivity contribution in [2.75, 3.05) is 11.9 Å². The summed E-state index contributed by atoms with van der Waals surface area (Å²) in [5.74, 6) is -0.339. The van der Waals surface area contributed by atoms with Gasteiger partial charge in [0, 0.05) is 23.6 Å². The maximum atomic E-state index is 12.5. The lowest BCUT2D eigenvalue weighted by Gasteiger charge is -2.00. The van der Waals surface area contributed by atoms with E-state index in [1.165, 1.54) is 11.3 Å². The van der Waals surface area contributed by atoms with E-state index in [4.69, 9.17) is 0 Å². The number of hydrogen-bond acceptors (Lipinski definition) is 4. The van der Waals surface area contributed by atoms with Crippen molar-refractivity contribution in [3.05, 3.63) is 46.6 Å². The number of hydrogen-bond donors (Lipinski definition) is 3. The number of anilines is 1. The van der Waals surface area contributed by atoms with Gasteiger partial charge in [-0.3, -0.25) is 14.9 Å². The maximum absolute atomic E-state index is 12.5. The predicted molar refractivity (Wildman–Crippen MR) is 89.0 cm³/mol. The molecule has 0 fully saturated rings. The third-order valence-corrected chi connectivity index (χ3v) is 4.85. The van der Waals surface area contributed by atoms with Gasteiger partial charge in [0.1, 0.15) is 4.88 Å². The Bertz CT molecular complexity index is 912. The molecule has 3 aromatic rings. The molecule has 1 aromatic carbocycles. The maximum Gasteiger partial charge on any atom is 0.263 e. The number of amides is 2. The molecule has 2 amide bonds. The number of aryl methyl sites for hydroxylation is 1. The third kappa shape index (κ3) is 2.49. The Labute approximate surface area is 135 Å². The molecule has 3 heterocycles. The Morgan fingerprint density at radius 3 is 3.09 bits per heavy atom. The molecule has 6 nitrogen and oxygen atoms in total. The van der Waals surface area contributed by atoms with Crippen LogP contribution in [-0.2, 0) is 6.42 Å². The van der Waals surface area contributed by atoms with Crippen LogP contribution in [0.25, 0.3) is 10.9 Å². The lowest BCUT2D eigenvalue weighted by molar-refractivity contribution is 0.0958. The molecule has 0 aliphatic carbocycles. The van der Waals surface area contributed by atoms with Crippen LogP contribution in [0.3, 0.4) is 0 Å². The molecule has 0 bridgehead atoms. The molecule has 7 heteroatoms.